The second kappa shape index (κ2) is 3.78. The first-order valence-electron chi connectivity index (χ1n) is 3.72. The van der Waals surface area contributed by atoms with Gasteiger partial charge in [0.1, 0.15) is 5.75 Å². The standard InChI is InChI=1S/C9H12ClNO/c1-6-3-4-7(5-11)9(12-2)8(6)10/h3-4H,5,11H2,1-2H3. The van der Waals surface area contributed by atoms with Crippen molar-refractivity contribution < 1.29 is 4.74 Å². The van der Waals surface area contributed by atoms with Crippen LogP contribution in [0.2, 0.25) is 5.02 Å². The smallest absolute Gasteiger partial charge is 0.142 e. The van der Waals surface area contributed by atoms with Crippen molar-refractivity contribution in [2.75, 3.05) is 7.11 Å². The maximum Gasteiger partial charge on any atom is 0.142 e. The van der Waals surface area contributed by atoms with Crippen LogP contribution in [0.25, 0.3) is 0 Å². The van der Waals surface area contributed by atoms with Crippen LogP contribution >= 0.6 is 11.6 Å². The minimum atomic E-state index is 0.448. The molecule has 0 fully saturated rings. The Labute approximate surface area is 77.3 Å². The number of hydrogen-bond acceptors (Lipinski definition) is 2. The van der Waals surface area contributed by atoms with E-state index in [2.05, 4.69) is 0 Å². The van der Waals surface area contributed by atoms with E-state index in [1.807, 2.05) is 19.1 Å². The first-order chi connectivity index (χ1) is 5.70. The summed E-state index contributed by atoms with van der Waals surface area (Å²) in [5.41, 5.74) is 7.45. The molecule has 1 rings (SSSR count). The first kappa shape index (κ1) is 9.36. The average Bonchev–Trinajstić information content (AvgIpc) is 2.09. The van der Waals surface area contributed by atoms with Gasteiger partial charge in [0.25, 0.3) is 0 Å². The molecule has 0 atom stereocenters. The number of rotatable bonds is 2. The lowest BCUT2D eigenvalue weighted by Crippen LogP contribution is -2.00. The Morgan fingerprint density at radius 2 is 2.17 bits per heavy atom. The van der Waals surface area contributed by atoms with E-state index in [1.165, 1.54) is 0 Å². The van der Waals surface area contributed by atoms with E-state index in [0.29, 0.717) is 17.3 Å². The minimum Gasteiger partial charge on any atom is -0.495 e. The molecule has 0 unspecified atom stereocenters. The Morgan fingerprint density at radius 3 is 2.67 bits per heavy atom. The molecule has 1 aromatic rings. The van der Waals surface area contributed by atoms with Crippen molar-refractivity contribution in [3.8, 4) is 5.75 Å². The molecule has 0 amide bonds. The molecule has 0 aliphatic rings. The molecule has 0 saturated heterocycles. The molecule has 0 aliphatic heterocycles. The van der Waals surface area contributed by atoms with Crippen LogP contribution in [0.15, 0.2) is 12.1 Å². The summed E-state index contributed by atoms with van der Waals surface area (Å²) in [5.74, 6) is 0.694. The molecule has 0 aromatic heterocycles. The zero-order chi connectivity index (χ0) is 9.14. The highest BCUT2D eigenvalue weighted by Crippen LogP contribution is 2.31. The Morgan fingerprint density at radius 1 is 1.50 bits per heavy atom. The van der Waals surface area contributed by atoms with Gasteiger partial charge in [-0.2, -0.15) is 0 Å². The Balaban J connectivity index is 3.25. The fraction of sp³-hybridized carbons (Fsp3) is 0.333. The summed E-state index contributed by atoms with van der Waals surface area (Å²) in [7, 11) is 1.60. The molecule has 0 bridgehead atoms. The minimum absolute atomic E-state index is 0.448. The van der Waals surface area contributed by atoms with E-state index < -0.39 is 0 Å². The fourth-order valence-corrected chi connectivity index (χ4v) is 1.34. The van der Waals surface area contributed by atoms with Crippen LogP contribution in [0.4, 0.5) is 0 Å². The zero-order valence-corrected chi connectivity index (χ0v) is 7.98. The molecular formula is C9H12ClNO. The lowest BCUT2D eigenvalue weighted by atomic mass is 10.1. The fourth-order valence-electron chi connectivity index (χ4n) is 1.08. The third kappa shape index (κ3) is 1.54. The lowest BCUT2D eigenvalue weighted by molar-refractivity contribution is 0.410. The third-order valence-electron chi connectivity index (χ3n) is 1.80. The van der Waals surface area contributed by atoms with Crippen molar-refractivity contribution in [2.24, 2.45) is 5.73 Å². The van der Waals surface area contributed by atoms with Gasteiger partial charge < -0.3 is 10.5 Å². The van der Waals surface area contributed by atoms with Gasteiger partial charge in [-0.25, -0.2) is 0 Å². The highest BCUT2D eigenvalue weighted by molar-refractivity contribution is 6.32. The number of halogens is 1. The molecule has 12 heavy (non-hydrogen) atoms. The second-order valence-corrected chi connectivity index (χ2v) is 2.97. The SMILES string of the molecule is COc1c(CN)ccc(C)c1Cl. The summed E-state index contributed by atoms with van der Waals surface area (Å²) in [6, 6.07) is 3.87. The average molecular weight is 186 g/mol. The van der Waals surface area contributed by atoms with Gasteiger partial charge in [-0.1, -0.05) is 23.7 Å². The number of hydrogen-bond donors (Lipinski definition) is 1. The maximum atomic E-state index is 6.00. The van der Waals surface area contributed by atoms with Crippen molar-refractivity contribution >= 4 is 11.6 Å². The normalized spacial score (nSPS) is 10.0. The van der Waals surface area contributed by atoms with Crippen molar-refractivity contribution in [1.29, 1.82) is 0 Å². The summed E-state index contributed by atoms with van der Waals surface area (Å²) < 4.78 is 5.14. The van der Waals surface area contributed by atoms with Gasteiger partial charge in [-0.05, 0) is 12.5 Å². The number of aryl methyl sites for hydroxylation is 1. The van der Waals surface area contributed by atoms with Gasteiger partial charge in [-0.3, -0.25) is 0 Å². The highest BCUT2D eigenvalue weighted by Gasteiger charge is 2.07. The number of ether oxygens (including phenoxy) is 1. The van der Waals surface area contributed by atoms with E-state index in [-0.39, 0.29) is 0 Å². The zero-order valence-electron chi connectivity index (χ0n) is 7.23. The summed E-state index contributed by atoms with van der Waals surface area (Å²) in [6.07, 6.45) is 0. The molecule has 0 spiro atoms. The van der Waals surface area contributed by atoms with Crippen molar-refractivity contribution in [2.45, 2.75) is 13.5 Å². The van der Waals surface area contributed by atoms with Crippen LogP contribution in [-0.4, -0.2) is 7.11 Å². The predicted octanol–water partition coefficient (Wildman–Crippen LogP) is 2.12. The number of nitrogens with two attached hydrogens (primary N) is 1. The summed E-state index contributed by atoms with van der Waals surface area (Å²) in [5, 5.41) is 0.653. The third-order valence-corrected chi connectivity index (χ3v) is 2.27. The van der Waals surface area contributed by atoms with Crippen LogP contribution in [0.3, 0.4) is 0 Å². The van der Waals surface area contributed by atoms with Gasteiger partial charge in [0.15, 0.2) is 0 Å². The van der Waals surface area contributed by atoms with E-state index >= 15 is 0 Å². The van der Waals surface area contributed by atoms with Crippen molar-refractivity contribution in [3.63, 3.8) is 0 Å². The number of benzene rings is 1. The molecule has 3 heteroatoms. The van der Waals surface area contributed by atoms with Gasteiger partial charge in [0, 0.05) is 12.1 Å². The van der Waals surface area contributed by atoms with E-state index in [4.69, 9.17) is 22.1 Å². The molecule has 2 N–H and O–H groups in total. The van der Waals surface area contributed by atoms with E-state index in [0.717, 1.165) is 11.1 Å². The Kier molecular flexibility index (Phi) is 2.95. The van der Waals surface area contributed by atoms with Crippen molar-refractivity contribution in [3.05, 3.63) is 28.3 Å². The Hall–Kier alpha value is -0.730. The van der Waals surface area contributed by atoms with Crippen LogP contribution in [0.1, 0.15) is 11.1 Å². The lowest BCUT2D eigenvalue weighted by Gasteiger charge is -2.09. The van der Waals surface area contributed by atoms with Gasteiger partial charge in [0.05, 0.1) is 12.1 Å². The highest BCUT2D eigenvalue weighted by atomic mass is 35.5. The van der Waals surface area contributed by atoms with E-state index in [1.54, 1.807) is 7.11 Å². The second-order valence-electron chi connectivity index (χ2n) is 2.59. The van der Waals surface area contributed by atoms with Crippen molar-refractivity contribution in [1.82, 2.24) is 0 Å². The Bertz CT molecular complexity index is 286. The largest absolute Gasteiger partial charge is 0.495 e. The molecule has 0 radical (unpaired) electrons. The maximum absolute atomic E-state index is 6.00. The molecule has 66 valence electrons. The van der Waals surface area contributed by atoms with E-state index in [9.17, 15) is 0 Å². The summed E-state index contributed by atoms with van der Waals surface area (Å²) in [4.78, 5) is 0. The molecule has 0 aliphatic carbocycles. The molecule has 0 saturated carbocycles. The molecule has 2 nitrogen and oxygen atoms in total. The van der Waals surface area contributed by atoms with Gasteiger partial charge in [0.2, 0.25) is 0 Å². The predicted molar refractivity (Wildman–Crippen MR) is 50.6 cm³/mol. The van der Waals surface area contributed by atoms with Gasteiger partial charge in [-0.15, -0.1) is 0 Å². The van der Waals surface area contributed by atoms with Gasteiger partial charge >= 0.3 is 0 Å². The van der Waals surface area contributed by atoms with Crippen LogP contribution in [0, 0.1) is 6.92 Å². The molecular weight excluding hydrogens is 174 g/mol. The molecule has 1 aromatic carbocycles. The van der Waals surface area contributed by atoms with Crippen LogP contribution in [0.5, 0.6) is 5.75 Å². The summed E-state index contributed by atoms with van der Waals surface area (Å²) >= 11 is 6.00. The molecule has 0 heterocycles. The topological polar surface area (TPSA) is 35.2 Å². The van der Waals surface area contributed by atoms with Crippen LogP contribution < -0.4 is 10.5 Å². The van der Waals surface area contributed by atoms with Crippen LogP contribution in [-0.2, 0) is 6.54 Å². The quantitative estimate of drug-likeness (QED) is 0.766. The first-order valence-corrected chi connectivity index (χ1v) is 4.10. The monoisotopic (exact) mass is 185 g/mol. The summed E-state index contributed by atoms with van der Waals surface area (Å²) in [6.45, 7) is 2.38. The number of methoxy groups -OCH3 is 1.